The molecule has 5 nitrogen and oxygen atoms in total. The Kier molecular flexibility index (Phi) is 5.18. The fraction of sp³-hybridized carbons (Fsp3) is 0.368. The fourth-order valence-electron chi connectivity index (χ4n) is 3.18. The molecule has 25 heavy (non-hydrogen) atoms. The van der Waals surface area contributed by atoms with Gasteiger partial charge in [0.25, 0.3) is 10.0 Å². The van der Waals surface area contributed by atoms with Gasteiger partial charge >= 0.3 is 0 Å². The summed E-state index contributed by atoms with van der Waals surface area (Å²) in [5, 5.41) is 0. The Morgan fingerprint density at radius 3 is 2.44 bits per heavy atom. The van der Waals surface area contributed by atoms with Gasteiger partial charge in [-0.25, -0.2) is 8.42 Å². The molecule has 2 aromatic carbocycles. The largest absolute Gasteiger partial charge is 0.495 e. The van der Waals surface area contributed by atoms with E-state index in [-0.39, 0.29) is 4.90 Å². The number of nitrogens with zero attached hydrogens (tertiary/aromatic N) is 1. The van der Waals surface area contributed by atoms with Crippen molar-refractivity contribution in [3.8, 4) is 5.75 Å². The summed E-state index contributed by atoms with van der Waals surface area (Å²) in [5.41, 5.74) is 2.19. The highest BCUT2D eigenvalue weighted by Crippen LogP contribution is 2.32. The zero-order chi connectivity index (χ0) is 17.9. The van der Waals surface area contributed by atoms with Gasteiger partial charge in [0, 0.05) is 18.8 Å². The van der Waals surface area contributed by atoms with Crippen LogP contribution in [0.5, 0.6) is 5.75 Å². The van der Waals surface area contributed by atoms with E-state index in [2.05, 4.69) is 9.62 Å². The number of piperidine rings is 1. The van der Waals surface area contributed by atoms with Crippen molar-refractivity contribution in [3.63, 3.8) is 0 Å². The molecule has 0 unspecified atom stereocenters. The number of sulfonamides is 1. The summed E-state index contributed by atoms with van der Waals surface area (Å²) in [7, 11) is -2.13. The zero-order valence-corrected chi connectivity index (χ0v) is 15.5. The Bertz CT molecular complexity index is 843. The Morgan fingerprint density at radius 2 is 1.76 bits per heavy atom. The quantitative estimate of drug-likeness (QED) is 0.881. The minimum Gasteiger partial charge on any atom is -0.495 e. The molecule has 0 aromatic heterocycles. The summed E-state index contributed by atoms with van der Waals surface area (Å²) in [4.78, 5) is 2.56. The van der Waals surface area contributed by atoms with Gasteiger partial charge in [-0.15, -0.1) is 0 Å². The van der Waals surface area contributed by atoms with Crippen LogP contribution in [0.4, 0.5) is 11.4 Å². The molecule has 1 N–H and O–H groups in total. The van der Waals surface area contributed by atoms with Crippen LogP contribution in [0.2, 0.25) is 0 Å². The van der Waals surface area contributed by atoms with Gasteiger partial charge < -0.3 is 9.64 Å². The number of ether oxygens (including phenoxy) is 1. The Hall–Kier alpha value is -2.21. The van der Waals surface area contributed by atoms with Gasteiger partial charge in [-0.05, 0) is 56.0 Å². The molecular weight excluding hydrogens is 336 g/mol. The second-order valence-corrected chi connectivity index (χ2v) is 7.95. The van der Waals surface area contributed by atoms with Gasteiger partial charge in [0.1, 0.15) is 5.75 Å². The van der Waals surface area contributed by atoms with Crippen LogP contribution in [-0.4, -0.2) is 28.6 Å². The predicted octanol–water partition coefficient (Wildman–Crippen LogP) is 3.79. The number of methoxy groups -OCH3 is 1. The van der Waals surface area contributed by atoms with Crippen molar-refractivity contribution < 1.29 is 13.2 Å². The van der Waals surface area contributed by atoms with Crippen molar-refractivity contribution in [1.82, 2.24) is 0 Å². The van der Waals surface area contributed by atoms with E-state index in [9.17, 15) is 8.42 Å². The monoisotopic (exact) mass is 360 g/mol. The van der Waals surface area contributed by atoms with E-state index in [1.807, 2.05) is 24.3 Å². The van der Waals surface area contributed by atoms with Crippen molar-refractivity contribution in [1.29, 1.82) is 0 Å². The van der Waals surface area contributed by atoms with Crippen molar-refractivity contribution in [2.24, 2.45) is 0 Å². The van der Waals surface area contributed by atoms with Crippen molar-refractivity contribution >= 4 is 21.4 Å². The SMILES string of the molecule is COc1ccc(N2CCCCC2)cc1NS(=O)(=O)c1ccccc1C. The topological polar surface area (TPSA) is 58.6 Å². The molecular formula is C19H24N2O3S. The fourth-order valence-corrected chi connectivity index (χ4v) is 4.49. The summed E-state index contributed by atoms with van der Waals surface area (Å²) in [6.45, 7) is 3.78. The average Bonchev–Trinajstić information content (AvgIpc) is 2.62. The molecule has 1 aliphatic heterocycles. The van der Waals surface area contributed by atoms with E-state index >= 15 is 0 Å². The van der Waals surface area contributed by atoms with Crippen LogP contribution in [0, 0.1) is 6.92 Å². The lowest BCUT2D eigenvalue weighted by Crippen LogP contribution is -2.29. The van der Waals surface area contributed by atoms with E-state index in [1.165, 1.54) is 6.42 Å². The summed E-state index contributed by atoms with van der Waals surface area (Å²) < 4.78 is 33.6. The van der Waals surface area contributed by atoms with Crippen LogP contribution < -0.4 is 14.4 Å². The molecule has 3 rings (SSSR count). The highest BCUT2D eigenvalue weighted by atomic mass is 32.2. The molecule has 2 aromatic rings. The van der Waals surface area contributed by atoms with E-state index in [4.69, 9.17) is 4.74 Å². The lowest BCUT2D eigenvalue weighted by Gasteiger charge is -2.29. The third-order valence-electron chi connectivity index (χ3n) is 4.53. The number of rotatable bonds is 5. The molecule has 0 radical (unpaired) electrons. The third kappa shape index (κ3) is 3.90. The molecule has 0 atom stereocenters. The number of anilines is 2. The molecule has 0 saturated carbocycles. The smallest absolute Gasteiger partial charge is 0.262 e. The standard InChI is InChI=1S/C19H24N2O3S/c1-15-8-4-5-9-19(15)25(22,23)20-17-14-16(10-11-18(17)24-2)21-12-6-3-7-13-21/h4-5,8-11,14,20H,3,6-7,12-13H2,1-2H3. The Morgan fingerprint density at radius 1 is 1.04 bits per heavy atom. The molecule has 0 amide bonds. The van der Waals surface area contributed by atoms with Crippen LogP contribution in [-0.2, 0) is 10.0 Å². The first-order valence-electron chi connectivity index (χ1n) is 8.53. The van der Waals surface area contributed by atoms with Gasteiger partial charge in [0.05, 0.1) is 17.7 Å². The third-order valence-corrected chi connectivity index (χ3v) is 6.06. The zero-order valence-electron chi connectivity index (χ0n) is 14.7. The van der Waals surface area contributed by atoms with Gasteiger partial charge in [-0.1, -0.05) is 18.2 Å². The Labute approximate surface area is 149 Å². The van der Waals surface area contributed by atoms with Crippen molar-refractivity contribution in [2.45, 2.75) is 31.1 Å². The molecule has 134 valence electrons. The van der Waals surface area contributed by atoms with E-state index in [0.717, 1.165) is 31.6 Å². The highest BCUT2D eigenvalue weighted by Gasteiger charge is 2.20. The minimum absolute atomic E-state index is 0.278. The number of aryl methyl sites for hydroxylation is 1. The summed E-state index contributed by atoms with van der Waals surface area (Å²) in [6.07, 6.45) is 3.58. The van der Waals surface area contributed by atoms with E-state index in [0.29, 0.717) is 17.0 Å². The van der Waals surface area contributed by atoms with Crippen LogP contribution in [0.3, 0.4) is 0 Å². The molecule has 6 heteroatoms. The summed E-state index contributed by atoms with van der Waals surface area (Å²) in [6, 6.07) is 12.6. The van der Waals surface area contributed by atoms with Crippen molar-refractivity contribution in [3.05, 3.63) is 48.0 Å². The molecule has 1 heterocycles. The van der Waals surface area contributed by atoms with Gasteiger partial charge in [0.15, 0.2) is 0 Å². The summed E-state index contributed by atoms with van der Waals surface area (Å²) in [5.74, 6) is 0.512. The van der Waals surface area contributed by atoms with Gasteiger partial charge in [-0.2, -0.15) is 0 Å². The molecule has 0 bridgehead atoms. The molecule has 1 saturated heterocycles. The summed E-state index contributed by atoms with van der Waals surface area (Å²) >= 11 is 0. The number of hydrogen-bond donors (Lipinski definition) is 1. The predicted molar refractivity (Wildman–Crippen MR) is 101 cm³/mol. The molecule has 1 aliphatic rings. The van der Waals surface area contributed by atoms with Gasteiger partial charge in [-0.3, -0.25) is 4.72 Å². The average molecular weight is 360 g/mol. The molecule has 0 aliphatic carbocycles. The van der Waals surface area contributed by atoms with Crippen LogP contribution >= 0.6 is 0 Å². The van der Waals surface area contributed by atoms with Gasteiger partial charge in [0.2, 0.25) is 0 Å². The normalized spacial score (nSPS) is 15.0. The van der Waals surface area contributed by atoms with Crippen molar-refractivity contribution in [2.75, 3.05) is 29.8 Å². The number of hydrogen-bond acceptors (Lipinski definition) is 4. The minimum atomic E-state index is -3.67. The second-order valence-electron chi connectivity index (χ2n) is 6.30. The maximum Gasteiger partial charge on any atom is 0.262 e. The van der Waals surface area contributed by atoms with E-state index in [1.54, 1.807) is 32.2 Å². The lowest BCUT2D eigenvalue weighted by atomic mass is 10.1. The van der Waals surface area contributed by atoms with Crippen LogP contribution in [0.15, 0.2) is 47.4 Å². The maximum absolute atomic E-state index is 12.8. The second kappa shape index (κ2) is 7.35. The number of nitrogens with one attached hydrogen (secondary N) is 1. The first-order valence-corrected chi connectivity index (χ1v) is 10.0. The maximum atomic E-state index is 12.8. The molecule has 1 fully saturated rings. The van der Waals surface area contributed by atoms with Crippen LogP contribution in [0.1, 0.15) is 24.8 Å². The Balaban J connectivity index is 1.94. The first-order chi connectivity index (χ1) is 12.0. The lowest BCUT2D eigenvalue weighted by molar-refractivity contribution is 0.417. The highest BCUT2D eigenvalue weighted by molar-refractivity contribution is 7.92. The molecule has 0 spiro atoms. The first kappa shape index (κ1) is 17.6. The number of benzene rings is 2. The van der Waals surface area contributed by atoms with E-state index < -0.39 is 10.0 Å². The van der Waals surface area contributed by atoms with Crippen LogP contribution in [0.25, 0.3) is 0 Å².